The number of amides is 4. The molecule has 1 fully saturated rings. The fraction of sp³-hybridized carbons (Fsp3) is 0.267. The Hall–Kier alpha value is -4.57. The highest BCUT2D eigenvalue weighted by Crippen LogP contribution is 2.44. The van der Waals surface area contributed by atoms with Crippen LogP contribution in [0.3, 0.4) is 0 Å². The summed E-state index contributed by atoms with van der Waals surface area (Å²) in [5.74, 6) is -1.07. The van der Waals surface area contributed by atoms with Gasteiger partial charge in [-0.1, -0.05) is 41.9 Å². The van der Waals surface area contributed by atoms with Crippen LogP contribution < -0.4 is 16.0 Å². The summed E-state index contributed by atoms with van der Waals surface area (Å²) in [5.41, 5.74) is 2.16. The number of nitrogens with zero attached hydrogens (tertiary/aromatic N) is 1. The van der Waals surface area contributed by atoms with E-state index in [1.807, 2.05) is 30.3 Å². The van der Waals surface area contributed by atoms with E-state index < -0.39 is 23.7 Å². The summed E-state index contributed by atoms with van der Waals surface area (Å²) in [5, 5.41) is 8.63. The number of carbonyl (C=O) groups is 4. The summed E-state index contributed by atoms with van der Waals surface area (Å²) in [6.45, 7) is 0.661. The highest BCUT2D eigenvalue weighted by molar-refractivity contribution is 6.30. The third-order valence-corrected chi connectivity index (χ3v) is 7.54. The van der Waals surface area contributed by atoms with Crippen molar-refractivity contribution in [2.45, 2.75) is 18.4 Å². The van der Waals surface area contributed by atoms with Gasteiger partial charge in [-0.15, -0.1) is 0 Å². The summed E-state index contributed by atoms with van der Waals surface area (Å²) in [6.07, 6.45) is -0.348. The first-order valence-corrected chi connectivity index (χ1v) is 13.5. The molecule has 10 nitrogen and oxygen atoms in total. The number of nitrogens with one attached hydrogen (secondary N) is 3. The maximum absolute atomic E-state index is 13.9. The minimum absolute atomic E-state index is 0.0992. The Morgan fingerprint density at radius 3 is 2.59 bits per heavy atom. The minimum Gasteiger partial charge on any atom is -0.453 e. The van der Waals surface area contributed by atoms with Crippen LogP contribution in [-0.4, -0.2) is 55.6 Å². The molecule has 3 aromatic rings. The van der Waals surface area contributed by atoms with Gasteiger partial charge in [0.25, 0.3) is 5.91 Å². The number of benzene rings is 3. The average Bonchev–Trinajstić information content (AvgIpc) is 3.40. The molecule has 2 heterocycles. The van der Waals surface area contributed by atoms with Gasteiger partial charge in [-0.3, -0.25) is 20.2 Å². The van der Waals surface area contributed by atoms with Gasteiger partial charge >= 0.3 is 12.2 Å². The lowest BCUT2D eigenvalue weighted by atomic mass is 9.90. The Balaban J connectivity index is 1.31. The number of ether oxygens (including phenoxy) is 2. The third-order valence-electron chi connectivity index (χ3n) is 7.30. The Labute approximate surface area is 241 Å². The van der Waals surface area contributed by atoms with Crippen LogP contribution in [0.15, 0.2) is 72.8 Å². The number of halogens is 1. The molecule has 2 aliphatic rings. The van der Waals surface area contributed by atoms with Crippen molar-refractivity contribution in [3.63, 3.8) is 0 Å². The molecule has 3 aromatic carbocycles. The Morgan fingerprint density at radius 2 is 1.85 bits per heavy atom. The van der Waals surface area contributed by atoms with E-state index in [1.165, 1.54) is 7.11 Å². The molecule has 11 heteroatoms. The first kappa shape index (κ1) is 28.0. The van der Waals surface area contributed by atoms with Crippen LogP contribution in [0, 0.1) is 5.92 Å². The van der Waals surface area contributed by atoms with Gasteiger partial charge in [0.15, 0.2) is 5.60 Å². The summed E-state index contributed by atoms with van der Waals surface area (Å²) < 4.78 is 10.4. The molecular formula is C30H29ClN4O6. The van der Waals surface area contributed by atoms with E-state index in [0.717, 1.165) is 11.1 Å². The van der Waals surface area contributed by atoms with Gasteiger partial charge in [0, 0.05) is 41.3 Å². The number of fused-ring (bicyclic) bond motifs is 2. The number of likely N-dealkylation sites (tertiary alicyclic amines) is 1. The second kappa shape index (κ2) is 11.9. The number of methoxy groups -OCH3 is 1. The van der Waals surface area contributed by atoms with Crippen molar-refractivity contribution in [2.24, 2.45) is 5.92 Å². The lowest BCUT2D eigenvalue weighted by Crippen LogP contribution is -2.45. The topological polar surface area (TPSA) is 126 Å². The molecule has 0 aliphatic carbocycles. The molecule has 1 saturated heterocycles. The predicted octanol–water partition coefficient (Wildman–Crippen LogP) is 4.80. The van der Waals surface area contributed by atoms with Crippen LogP contribution in [0.5, 0.6) is 0 Å². The van der Waals surface area contributed by atoms with Gasteiger partial charge in [-0.2, -0.15) is 0 Å². The molecule has 4 amide bonds. The molecule has 2 atom stereocenters. The Morgan fingerprint density at radius 1 is 1.10 bits per heavy atom. The van der Waals surface area contributed by atoms with Gasteiger partial charge in [0.1, 0.15) is 0 Å². The molecule has 0 radical (unpaired) electrons. The average molecular weight is 577 g/mol. The van der Waals surface area contributed by atoms with E-state index in [0.29, 0.717) is 41.3 Å². The minimum atomic E-state index is -1.00. The largest absolute Gasteiger partial charge is 0.453 e. The number of carbonyl (C=O) groups excluding carboxylic acids is 4. The zero-order valence-electron chi connectivity index (χ0n) is 22.3. The zero-order valence-corrected chi connectivity index (χ0v) is 23.1. The third kappa shape index (κ3) is 6.28. The lowest BCUT2D eigenvalue weighted by Gasteiger charge is -2.35. The lowest BCUT2D eigenvalue weighted by molar-refractivity contribution is -0.135. The molecule has 0 saturated carbocycles. The molecule has 41 heavy (non-hydrogen) atoms. The summed E-state index contributed by atoms with van der Waals surface area (Å²) in [6, 6.07) is 21.1. The molecular weight excluding hydrogens is 548 g/mol. The van der Waals surface area contributed by atoms with Crippen molar-refractivity contribution in [1.29, 1.82) is 0 Å². The molecule has 1 unspecified atom stereocenters. The molecule has 0 bridgehead atoms. The second-order valence-electron chi connectivity index (χ2n) is 10.00. The van der Waals surface area contributed by atoms with Crippen LogP contribution in [-0.2, 0) is 26.3 Å². The van der Waals surface area contributed by atoms with Crippen molar-refractivity contribution in [3.8, 4) is 0 Å². The van der Waals surface area contributed by atoms with Crippen molar-refractivity contribution in [2.75, 3.05) is 37.4 Å². The van der Waals surface area contributed by atoms with E-state index >= 15 is 0 Å². The predicted molar refractivity (Wildman–Crippen MR) is 153 cm³/mol. The zero-order chi connectivity index (χ0) is 29.0. The van der Waals surface area contributed by atoms with Crippen LogP contribution in [0.1, 0.15) is 27.9 Å². The monoisotopic (exact) mass is 576 g/mol. The maximum Gasteiger partial charge on any atom is 0.412 e. The first-order valence-electron chi connectivity index (χ1n) is 13.1. The highest BCUT2D eigenvalue weighted by atomic mass is 35.5. The number of hydrogen-bond donors (Lipinski definition) is 3. The summed E-state index contributed by atoms with van der Waals surface area (Å²) in [4.78, 5) is 52.3. The van der Waals surface area contributed by atoms with Crippen molar-refractivity contribution < 1.29 is 28.7 Å². The molecule has 0 aromatic heterocycles. The van der Waals surface area contributed by atoms with E-state index in [2.05, 4.69) is 20.7 Å². The van der Waals surface area contributed by atoms with Crippen molar-refractivity contribution in [1.82, 2.24) is 10.2 Å². The SMILES string of the molecule is COC(=O)Nc1ccc(C(=O)NC[C@@H](Cc2ccccc2)C(=O)N2CCC3(C2)OC(=O)Nc2ccc(Cl)cc23)cc1. The Kier molecular flexibility index (Phi) is 8.11. The maximum atomic E-state index is 13.9. The number of rotatable bonds is 7. The molecule has 3 N–H and O–H groups in total. The van der Waals surface area contributed by atoms with Crippen LogP contribution in [0.4, 0.5) is 21.0 Å². The van der Waals surface area contributed by atoms with Crippen molar-refractivity contribution >= 4 is 47.0 Å². The van der Waals surface area contributed by atoms with Crippen LogP contribution >= 0.6 is 11.6 Å². The van der Waals surface area contributed by atoms with Gasteiger partial charge < -0.3 is 19.7 Å². The highest BCUT2D eigenvalue weighted by Gasteiger charge is 2.49. The first-order chi connectivity index (χ1) is 19.8. The summed E-state index contributed by atoms with van der Waals surface area (Å²) in [7, 11) is 1.26. The van der Waals surface area contributed by atoms with Gasteiger partial charge in [0.2, 0.25) is 5.91 Å². The second-order valence-corrected chi connectivity index (χ2v) is 10.4. The number of anilines is 2. The molecule has 2 aliphatic heterocycles. The molecule has 5 rings (SSSR count). The van der Waals surface area contributed by atoms with Gasteiger partial charge in [0.05, 0.1) is 25.3 Å². The van der Waals surface area contributed by atoms with Crippen LogP contribution in [0.2, 0.25) is 5.02 Å². The quantitative estimate of drug-likeness (QED) is 0.371. The van der Waals surface area contributed by atoms with E-state index in [-0.39, 0.29) is 24.9 Å². The van der Waals surface area contributed by atoms with E-state index in [1.54, 1.807) is 47.4 Å². The van der Waals surface area contributed by atoms with Gasteiger partial charge in [-0.05, 0) is 54.4 Å². The normalized spacial score (nSPS) is 18.1. The van der Waals surface area contributed by atoms with Crippen molar-refractivity contribution in [3.05, 3.63) is 94.5 Å². The van der Waals surface area contributed by atoms with Gasteiger partial charge in [-0.25, -0.2) is 9.59 Å². The van der Waals surface area contributed by atoms with E-state index in [4.69, 9.17) is 16.3 Å². The molecule has 1 spiro atoms. The number of hydrogen-bond acceptors (Lipinski definition) is 6. The molecule has 212 valence electrons. The Bertz CT molecular complexity index is 1470. The standard InChI is InChI=1S/C30H29ClN4O6/c1-40-28(38)33-23-10-7-20(8-11-23)26(36)32-17-21(15-19-5-3-2-4-6-19)27(37)35-14-13-30(18-35)24-16-22(31)9-12-25(24)34-29(39)41-30/h2-12,16,21H,13-15,17-18H2,1H3,(H,32,36)(H,33,38)(H,34,39)/t21-,30?/m1/s1. The fourth-order valence-electron chi connectivity index (χ4n) is 5.24. The van der Waals surface area contributed by atoms with Crippen LogP contribution in [0.25, 0.3) is 0 Å². The summed E-state index contributed by atoms with van der Waals surface area (Å²) >= 11 is 6.26. The smallest absolute Gasteiger partial charge is 0.412 e. The van der Waals surface area contributed by atoms with E-state index in [9.17, 15) is 19.2 Å². The fourth-order valence-corrected chi connectivity index (χ4v) is 5.41.